The molecular weight excluding hydrogens is 256 g/mol. The summed E-state index contributed by atoms with van der Waals surface area (Å²) in [7, 11) is 0. The molecule has 1 aromatic carbocycles. The average Bonchev–Trinajstić information content (AvgIpc) is 2.29. The first-order valence-electron chi connectivity index (χ1n) is 6.72. The number of hydrogen-bond donors (Lipinski definition) is 0. The predicted octanol–water partition coefficient (Wildman–Crippen LogP) is 3.06. The molecule has 1 rings (SSSR count). The topological polar surface area (TPSA) is 52.6 Å². The van der Waals surface area contributed by atoms with E-state index in [1.807, 2.05) is 33.8 Å². The van der Waals surface area contributed by atoms with Gasteiger partial charge in [-0.1, -0.05) is 12.1 Å². The van der Waals surface area contributed by atoms with Gasteiger partial charge >= 0.3 is 11.9 Å². The number of carbonyl (C=O) groups excluding carboxylic acids is 2. The first-order chi connectivity index (χ1) is 9.24. The van der Waals surface area contributed by atoms with Crippen LogP contribution >= 0.6 is 0 Å². The molecule has 4 nitrogen and oxygen atoms in total. The molecule has 0 saturated heterocycles. The third-order valence-electron chi connectivity index (χ3n) is 2.65. The van der Waals surface area contributed by atoms with Crippen LogP contribution in [0.15, 0.2) is 18.2 Å². The van der Waals surface area contributed by atoms with E-state index < -0.39 is 11.6 Å². The van der Waals surface area contributed by atoms with Gasteiger partial charge in [-0.25, -0.2) is 4.79 Å². The lowest BCUT2D eigenvalue weighted by atomic mass is 9.99. The highest BCUT2D eigenvalue weighted by Crippen LogP contribution is 2.18. The minimum atomic E-state index is -0.538. The molecule has 0 bridgehead atoms. The van der Waals surface area contributed by atoms with Crippen molar-refractivity contribution in [2.45, 2.75) is 46.6 Å². The molecule has 4 heteroatoms. The Hall–Kier alpha value is -1.84. The summed E-state index contributed by atoms with van der Waals surface area (Å²) in [6.45, 7) is 9.36. The number of benzene rings is 1. The quantitative estimate of drug-likeness (QED) is 0.794. The standard InChI is InChI=1S/C16H22O4/c1-6-19-15(18)12-9-7-8-11(2)13(12)10-14(17)20-16(3,4)5/h7-9H,6,10H2,1-5H3. The van der Waals surface area contributed by atoms with Crippen molar-refractivity contribution in [3.8, 4) is 0 Å². The fourth-order valence-corrected chi connectivity index (χ4v) is 1.86. The monoisotopic (exact) mass is 278 g/mol. The van der Waals surface area contributed by atoms with Gasteiger partial charge < -0.3 is 9.47 Å². The first kappa shape index (κ1) is 16.2. The summed E-state index contributed by atoms with van der Waals surface area (Å²) in [5.74, 6) is -0.757. The smallest absolute Gasteiger partial charge is 0.338 e. The van der Waals surface area contributed by atoms with Crippen LogP contribution in [0, 0.1) is 6.92 Å². The molecule has 0 amide bonds. The lowest BCUT2D eigenvalue weighted by Gasteiger charge is -2.20. The normalized spacial score (nSPS) is 11.1. The zero-order valence-electron chi connectivity index (χ0n) is 12.8. The van der Waals surface area contributed by atoms with Gasteiger partial charge in [0, 0.05) is 0 Å². The molecule has 0 unspecified atom stereocenters. The van der Waals surface area contributed by atoms with Crippen molar-refractivity contribution in [3.63, 3.8) is 0 Å². The van der Waals surface area contributed by atoms with Crippen molar-refractivity contribution in [1.29, 1.82) is 0 Å². The van der Waals surface area contributed by atoms with E-state index >= 15 is 0 Å². The largest absolute Gasteiger partial charge is 0.462 e. The Morgan fingerprint density at radius 3 is 2.40 bits per heavy atom. The van der Waals surface area contributed by atoms with E-state index in [0.717, 1.165) is 5.56 Å². The first-order valence-corrected chi connectivity index (χ1v) is 6.72. The Morgan fingerprint density at radius 1 is 1.20 bits per heavy atom. The van der Waals surface area contributed by atoms with Gasteiger partial charge in [0.1, 0.15) is 5.60 Å². The molecule has 0 fully saturated rings. The van der Waals surface area contributed by atoms with Crippen LogP contribution in [0.1, 0.15) is 49.2 Å². The summed E-state index contributed by atoms with van der Waals surface area (Å²) in [5.41, 5.74) is 1.43. The number of ether oxygens (including phenoxy) is 2. The molecular formula is C16H22O4. The number of esters is 2. The molecule has 0 atom stereocenters. The molecule has 0 N–H and O–H groups in total. The van der Waals surface area contributed by atoms with Crippen LogP contribution in [0.2, 0.25) is 0 Å². The summed E-state index contributed by atoms with van der Waals surface area (Å²) in [4.78, 5) is 23.8. The van der Waals surface area contributed by atoms with Crippen LogP contribution in [-0.2, 0) is 20.7 Å². The van der Waals surface area contributed by atoms with Crippen LogP contribution < -0.4 is 0 Å². The molecule has 0 aromatic heterocycles. The van der Waals surface area contributed by atoms with Crippen molar-refractivity contribution in [1.82, 2.24) is 0 Å². The van der Waals surface area contributed by atoms with Gasteiger partial charge in [-0.3, -0.25) is 4.79 Å². The van der Waals surface area contributed by atoms with Crippen molar-refractivity contribution >= 4 is 11.9 Å². The highest BCUT2D eigenvalue weighted by Gasteiger charge is 2.21. The van der Waals surface area contributed by atoms with E-state index in [0.29, 0.717) is 17.7 Å². The number of rotatable bonds is 4. The van der Waals surface area contributed by atoms with Crippen molar-refractivity contribution in [3.05, 3.63) is 34.9 Å². The number of carbonyl (C=O) groups is 2. The molecule has 0 heterocycles. The van der Waals surface area contributed by atoms with Gasteiger partial charge in [0.15, 0.2) is 0 Å². The molecule has 1 aromatic rings. The summed E-state index contributed by atoms with van der Waals surface area (Å²) >= 11 is 0. The Morgan fingerprint density at radius 2 is 1.85 bits per heavy atom. The van der Waals surface area contributed by atoms with E-state index in [1.54, 1.807) is 19.1 Å². The molecule has 0 radical (unpaired) electrons. The molecule has 20 heavy (non-hydrogen) atoms. The summed E-state index contributed by atoms with van der Waals surface area (Å²) in [6.07, 6.45) is 0.0676. The van der Waals surface area contributed by atoms with Crippen molar-refractivity contribution in [2.24, 2.45) is 0 Å². The highest BCUT2D eigenvalue weighted by molar-refractivity contribution is 5.93. The van der Waals surface area contributed by atoms with E-state index in [4.69, 9.17) is 9.47 Å². The Balaban J connectivity index is 2.99. The second-order valence-electron chi connectivity index (χ2n) is 5.58. The van der Waals surface area contributed by atoms with Gasteiger partial charge in [0.05, 0.1) is 18.6 Å². The predicted molar refractivity (Wildman–Crippen MR) is 76.7 cm³/mol. The van der Waals surface area contributed by atoms with E-state index in [1.165, 1.54) is 0 Å². The maximum atomic E-state index is 11.9. The van der Waals surface area contributed by atoms with Gasteiger partial charge in [-0.15, -0.1) is 0 Å². The third kappa shape index (κ3) is 4.68. The maximum absolute atomic E-state index is 11.9. The molecule has 0 spiro atoms. The Bertz CT molecular complexity index is 498. The minimum Gasteiger partial charge on any atom is -0.462 e. The lowest BCUT2D eigenvalue weighted by Crippen LogP contribution is -2.25. The fraction of sp³-hybridized carbons (Fsp3) is 0.500. The van der Waals surface area contributed by atoms with Gasteiger partial charge in [-0.2, -0.15) is 0 Å². The third-order valence-corrected chi connectivity index (χ3v) is 2.65. The average molecular weight is 278 g/mol. The van der Waals surface area contributed by atoms with Gasteiger partial charge in [-0.05, 0) is 51.8 Å². The fourth-order valence-electron chi connectivity index (χ4n) is 1.86. The Kier molecular flexibility index (Phi) is 5.31. The molecule has 0 saturated carbocycles. The van der Waals surface area contributed by atoms with Crippen LogP contribution in [0.3, 0.4) is 0 Å². The van der Waals surface area contributed by atoms with Gasteiger partial charge in [0.2, 0.25) is 0 Å². The number of hydrogen-bond acceptors (Lipinski definition) is 4. The lowest BCUT2D eigenvalue weighted by molar-refractivity contribution is -0.153. The summed E-state index contributed by atoms with van der Waals surface area (Å²) in [5, 5.41) is 0. The van der Waals surface area contributed by atoms with Crippen LogP contribution in [0.25, 0.3) is 0 Å². The van der Waals surface area contributed by atoms with E-state index in [9.17, 15) is 9.59 Å². The zero-order chi connectivity index (χ0) is 15.3. The molecule has 0 aliphatic rings. The second kappa shape index (κ2) is 6.55. The van der Waals surface area contributed by atoms with Crippen molar-refractivity contribution < 1.29 is 19.1 Å². The Labute approximate surface area is 120 Å². The summed E-state index contributed by atoms with van der Waals surface area (Å²) in [6, 6.07) is 5.31. The van der Waals surface area contributed by atoms with Crippen molar-refractivity contribution in [2.75, 3.05) is 6.61 Å². The second-order valence-corrected chi connectivity index (χ2v) is 5.58. The van der Waals surface area contributed by atoms with E-state index in [-0.39, 0.29) is 12.4 Å². The molecule has 110 valence electrons. The van der Waals surface area contributed by atoms with E-state index in [2.05, 4.69) is 0 Å². The van der Waals surface area contributed by atoms with Crippen LogP contribution in [0.5, 0.6) is 0 Å². The number of aryl methyl sites for hydroxylation is 1. The van der Waals surface area contributed by atoms with Crippen LogP contribution in [0.4, 0.5) is 0 Å². The van der Waals surface area contributed by atoms with Gasteiger partial charge in [0.25, 0.3) is 0 Å². The molecule has 0 aliphatic carbocycles. The highest BCUT2D eigenvalue weighted by atomic mass is 16.6. The minimum absolute atomic E-state index is 0.0676. The zero-order valence-corrected chi connectivity index (χ0v) is 12.8. The maximum Gasteiger partial charge on any atom is 0.338 e. The molecule has 0 aliphatic heterocycles. The van der Waals surface area contributed by atoms with Crippen LogP contribution in [-0.4, -0.2) is 24.1 Å². The SMILES string of the molecule is CCOC(=O)c1cccc(C)c1CC(=O)OC(C)(C)C. The summed E-state index contributed by atoms with van der Waals surface area (Å²) < 4.78 is 10.3.